The second-order valence-electron chi connectivity index (χ2n) is 3.55. The van der Waals surface area contributed by atoms with E-state index in [-0.39, 0.29) is 5.75 Å². The van der Waals surface area contributed by atoms with E-state index in [0.717, 1.165) is 0 Å². The Kier molecular flexibility index (Phi) is 2.67. The summed E-state index contributed by atoms with van der Waals surface area (Å²) in [5.41, 5.74) is 6.72. The van der Waals surface area contributed by atoms with Gasteiger partial charge in [-0.3, -0.25) is 4.31 Å². The third-order valence-corrected chi connectivity index (χ3v) is 4.28. The van der Waals surface area contributed by atoms with E-state index in [1.54, 1.807) is 25.1 Å². The SMILES string of the molecule is CCS(=O)(=O)N1CCOc2ccc(N)cc21. The molecule has 0 fully saturated rings. The smallest absolute Gasteiger partial charge is 0.235 e. The Hall–Kier alpha value is -1.43. The van der Waals surface area contributed by atoms with Crippen LogP contribution in [-0.4, -0.2) is 27.3 Å². The van der Waals surface area contributed by atoms with E-state index in [4.69, 9.17) is 10.5 Å². The predicted octanol–water partition coefficient (Wildman–Crippen LogP) is 0.817. The summed E-state index contributed by atoms with van der Waals surface area (Å²) in [6.07, 6.45) is 0. The number of benzene rings is 1. The number of ether oxygens (including phenoxy) is 1. The van der Waals surface area contributed by atoms with Crippen molar-refractivity contribution in [3.05, 3.63) is 18.2 Å². The Morgan fingerprint density at radius 3 is 2.94 bits per heavy atom. The second-order valence-corrected chi connectivity index (χ2v) is 5.73. The van der Waals surface area contributed by atoms with Crippen LogP contribution in [0.15, 0.2) is 18.2 Å². The van der Waals surface area contributed by atoms with Gasteiger partial charge in [-0.25, -0.2) is 8.42 Å². The maximum absolute atomic E-state index is 11.9. The summed E-state index contributed by atoms with van der Waals surface area (Å²) in [7, 11) is -3.25. The van der Waals surface area contributed by atoms with Crippen LogP contribution in [-0.2, 0) is 10.0 Å². The van der Waals surface area contributed by atoms with Crippen molar-refractivity contribution in [3.63, 3.8) is 0 Å². The number of nitrogen functional groups attached to an aromatic ring is 1. The Morgan fingerprint density at radius 2 is 2.25 bits per heavy atom. The van der Waals surface area contributed by atoms with Crippen LogP contribution in [0.5, 0.6) is 5.75 Å². The molecule has 5 nitrogen and oxygen atoms in total. The standard InChI is InChI=1S/C10H14N2O3S/c1-2-16(13,14)12-5-6-15-10-4-3-8(11)7-9(10)12/h3-4,7H,2,5-6,11H2,1H3. The minimum absolute atomic E-state index is 0.0707. The largest absolute Gasteiger partial charge is 0.489 e. The van der Waals surface area contributed by atoms with Gasteiger partial charge in [0.15, 0.2) is 0 Å². The van der Waals surface area contributed by atoms with Crippen molar-refractivity contribution in [2.24, 2.45) is 0 Å². The highest BCUT2D eigenvalue weighted by molar-refractivity contribution is 7.92. The van der Waals surface area contributed by atoms with Gasteiger partial charge < -0.3 is 10.5 Å². The van der Waals surface area contributed by atoms with E-state index >= 15 is 0 Å². The highest BCUT2D eigenvalue weighted by Gasteiger charge is 2.27. The Bertz CT molecular complexity index is 499. The molecule has 0 aromatic heterocycles. The molecule has 0 aliphatic carbocycles. The molecule has 0 spiro atoms. The molecular formula is C10H14N2O3S. The molecule has 0 saturated carbocycles. The van der Waals surface area contributed by atoms with Crippen LogP contribution < -0.4 is 14.8 Å². The van der Waals surface area contributed by atoms with Crippen LogP contribution in [0.25, 0.3) is 0 Å². The first kappa shape index (κ1) is 11.1. The van der Waals surface area contributed by atoms with Gasteiger partial charge in [0.1, 0.15) is 12.4 Å². The molecule has 0 radical (unpaired) electrons. The molecule has 1 aliphatic rings. The summed E-state index contributed by atoms with van der Waals surface area (Å²) in [4.78, 5) is 0. The molecule has 6 heteroatoms. The van der Waals surface area contributed by atoms with Crippen molar-refractivity contribution in [1.29, 1.82) is 0 Å². The van der Waals surface area contributed by atoms with E-state index in [2.05, 4.69) is 0 Å². The summed E-state index contributed by atoms with van der Waals surface area (Å²) < 4.78 is 30.5. The van der Waals surface area contributed by atoms with E-state index in [1.165, 1.54) is 4.31 Å². The molecule has 0 bridgehead atoms. The van der Waals surface area contributed by atoms with Gasteiger partial charge in [0.25, 0.3) is 0 Å². The lowest BCUT2D eigenvalue weighted by Crippen LogP contribution is -2.38. The minimum Gasteiger partial charge on any atom is -0.489 e. The number of hydrogen-bond donors (Lipinski definition) is 1. The van der Waals surface area contributed by atoms with Gasteiger partial charge in [-0.05, 0) is 25.1 Å². The van der Waals surface area contributed by atoms with Crippen LogP contribution in [0.4, 0.5) is 11.4 Å². The van der Waals surface area contributed by atoms with Crippen molar-refractivity contribution in [3.8, 4) is 5.75 Å². The Morgan fingerprint density at radius 1 is 1.50 bits per heavy atom. The first-order chi connectivity index (χ1) is 7.54. The highest BCUT2D eigenvalue weighted by atomic mass is 32.2. The van der Waals surface area contributed by atoms with Crippen molar-refractivity contribution in [2.45, 2.75) is 6.92 Å². The van der Waals surface area contributed by atoms with Crippen LogP contribution in [0, 0.1) is 0 Å². The molecule has 0 atom stereocenters. The van der Waals surface area contributed by atoms with E-state index in [1.807, 2.05) is 0 Å². The van der Waals surface area contributed by atoms with Crippen LogP contribution >= 0.6 is 0 Å². The summed E-state index contributed by atoms with van der Waals surface area (Å²) in [5.74, 6) is 0.638. The van der Waals surface area contributed by atoms with Gasteiger partial charge in [-0.15, -0.1) is 0 Å². The first-order valence-electron chi connectivity index (χ1n) is 5.07. The van der Waals surface area contributed by atoms with Gasteiger partial charge in [0, 0.05) is 5.69 Å². The van der Waals surface area contributed by atoms with Crippen LogP contribution in [0.2, 0.25) is 0 Å². The number of nitrogens with two attached hydrogens (primary N) is 1. The minimum atomic E-state index is -3.25. The lowest BCUT2D eigenvalue weighted by Gasteiger charge is -2.30. The van der Waals surface area contributed by atoms with Crippen molar-refractivity contribution < 1.29 is 13.2 Å². The maximum Gasteiger partial charge on any atom is 0.235 e. The monoisotopic (exact) mass is 242 g/mol. The average molecular weight is 242 g/mol. The predicted molar refractivity (Wildman–Crippen MR) is 63.2 cm³/mol. The summed E-state index contributed by atoms with van der Waals surface area (Å²) in [6, 6.07) is 5.02. The lowest BCUT2D eigenvalue weighted by molar-refractivity contribution is 0.316. The van der Waals surface area contributed by atoms with Crippen LogP contribution in [0.3, 0.4) is 0 Å². The fraction of sp³-hybridized carbons (Fsp3) is 0.400. The summed E-state index contributed by atoms with van der Waals surface area (Å²) in [6.45, 7) is 2.33. The third-order valence-electron chi connectivity index (χ3n) is 2.50. The molecule has 88 valence electrons. The molecule has 0 amide bonds. The number of hydrogen-bond acceptors (Lipinski definition) is 4. The molecular weight excluding hydrogens is 228 g/mol. The lowest BCUT2D eigenvalue weighted by atomic mass is 10.2. The topological polar surface area (TPSA) is 72.6 Å². The third kappa shape index (κ3) is 1.80. The molecule has 0 saturated heterocycles. The Labute approximate surface area is 94.9 Å². The second kappa shape index (κ2) is 3.86. The molecule has 1 aromatic rings. The normalized spacial score (nSPS) is 15.4. The summed E-state index contributed by atoms with van der Waals surface area (Å²) >= 11 is 0. The fourth-order valence-electron chi connectivity index (χ4n) is 1.66. The highest BCUT2D eigenvalue weighted by Crippen LogP contribution is 2.34. The molecule has 16 heavy (non-hydrogen) atoms. The fourth-order valence-corrected chi connectivity index (χ4v) is 2.76. The quantitative estimate of drug-likeness (QED) is 0.779. The average Bonchev–Trinajstić information content (AvgIpc) is 2.28. The number of sulfonamides is 1. The van der Waals surface area contributed by atoms with E-state index in [0.29, 0.717) is 30.3 Å². The van der Waals surface area contributed by atoms with Gasteiger partial charge >= 0.3 is 0 Å². The molecule has 2 N–H and O–H groups in total. The van der Waals surface area contributed by atoms with Gasteiger partial charge in [0.2, 0.25) is 10.0 Å². The zero-order valence-electron chi connectivity index (χ0n) is 9.01. The number of fused-ring (bicyclic) bond motifs is 1. The zero-order valence-corrected chi connectivity index (χ0v) is 9.83. The maximum atomic E-state index is 11.9. The molecule has 1 heterocycles. The number of rotatable bonds is 2. The zero-order chi connectivity index (χ0) is 11.8. The first-order valence-corrected chi connectivity index (χ1v) is 6.68. The molecule has 2 rings (SSSR count). The molecule has 1 aliphatic heterocycles. The number of anilines is 2. The summed E-state index contributed by atoms with van der Waals surface area (Å²) in [5, 5.41) is 0. The van der Waals surface area contributed by atoms with Gasteiger partial charge in [-0.2, -0.15) is 0 Å². The molecule has 1 aromatic carbocycles. The van der Waals surface area contributed by atoms with Crippen molar-refractivity contribution >= 4 is 21.4 Å². The Balaban J connectivity index is 2.51. The number of nitrogens with zero attached hydrogens (tertiary/aromatic N) is 1. The van der Waals surface area contributed by atoms with Crippen molar-refractivity contribution in [2.75, 3.05) is 28.9 Å². The van der Waals surface area contributed by atoms with Crippen molar-refractivity contribution in [1.82, 2.24) is 0 Å². The molecule has 0 unspecified atom stereocenters. The van der Waals surface area contributed by atoms with Gasteiger partial charge in [-0.1, -0.05) is 0 Å². The van der Waals surface area contributed by atoms with E-state index in [9.17, 15) is 8.42 Å². The van der Waals surface area contributed by atoms with Gasteiger partial charge in [0.05, 0.1) is 18.0 Å². The van der Waals surface area contributed by atoms with E-state index < -0.39 is 10.0 Å². The van der Waals surface area contributed by atoms with Crippen LogP contribution in [0.1, 0.15) is 6.92 Å².